The first kappa shape index (κ1) is 15.0. The molecule has 0 aliphatic carbocycles. The van der Waals surface area contributed by atoms with E-state index >= 15 is 0 Å². The van der Waals surface area contributed by atoms with Gasteiger partial charge in [0, 0.05) is 0 Å². The topological polar surface area (TPSA) is 29.5 Å². The van der Waals surface area contributed by atoms with Crippen LogP contribution >= 0.6 is 0 Å². The molecule has 20 heavy (non-hydrogen) atoms. The Kier molecular flexibility index (Phi) is 4.76. The summed E-state index contributed by atoms with van der Waals surface area (Å²) in [5.74, 6) is 0. The molecule has 0 saturated carbocycles. The minimum atomic E-state index is -1.58. The van der Waals surface area contributed by atoms with Gasteiger partial charge in [-0.05, 0) is 36.3 Å². The Bertz CT molecular complexity index is 529. The lowest BCUT2D eigenvalue weighted by atomic mass is 10.0. The SMILES string of the molecule is C[Si](C)(C)OC[C@H](O)c1ccc(-c2ccccc2)cc1. The number of aliphatic hydroxyl groups is 1. The van der Waals surface area contributed by atoms with Crippen LogP contribution in [0.3, 0.4) is 0 Å². The summed E-state index contributed by atoms with van der Waals surface area (Å²) in [6.45, 7) is 6.75. The normalized spacial score (nSPS) is 13.2. The fraction of sp³-hybridized carbons (Fsp3) is 0.294. The van der Waals surface area contributed by atoms with Crippen LogP contribution in [0.15, 0.2) is 54.6 Å². The van der Waals surface area contributed by atoms with Crippen LogP contribution in [0.2, 0.25) is 19.6 Å². The summed E-state index contributed by atoms with van der Waals surface area (Å²) in [7, 11) is -1.58. The molecule has 0 aliphatic rings. The van der Waals surface area contributed by atoms with Crippen molar-refractivity contribution in [2.75, 3.05) is 6.61 Å². The third-order valence-electron chi connectivity index (χ3n) is 3.08. The summed E-state index contributed by atoms with van der Waals surface area (Å²) >= 11 is 0. The van der Waals surface area contributed by atoms with Gasteiger partial charge in [0.15, 0.2) is 8.32 Å². The van der Waals surface area contributed by atoms with Crippen molar-refractivity contribution in [1.29, 1.82) is 0 Å². The molecule has 2 aromatic carbocycles. The molecule has 0 amide bonds. The molecule has 2 aromatic rings. The van der Waals surface area contributed by atoms with Crippen LogP contribution in [0, 0.1) is 0 Å². The second-order valence-electron chi connectivity index (χ2n) is 5.93. The molecule has 0 heterocycles. The highest BCUT2D eigenvalue weighted by atomic mass is 28.4. The molecule has 2 rings (SSSR count). The molecule has 106 valence electrons. The van der Waals surface area contributed by atoms with E-state index in [2.05, 4.69) is 31.8 Å². The van der Waals surface area contributed by atoms with E-state index in [9.17, 15) is 5.11 Å². The van der Waals surface area contributed by atoms with Crippen molar-refractivity contribution in [3.63, 3.8) is 0 Å². The Morgan fingerprint density at radius 2 is 1.45 bits per heavy atom. The van der Waals surface area contributed by atoms with Gasteiger partial charge >= 0.3 is 0 Å². The van der Waals surface area contributed by atoms with Crippen LogP contribution in [0.25, 0.3) is 11.1 Å². The Balaban J connectivity index is 2.05. The Morgan fingerprint density at radius 1 is 0.900 bits per heavy atom. The lowest BCUT2D eigenvalue weighted by Crippen LogP contribution is -2.27. The summed E-state index contributed by atoms with van der Waals surface area (Å²) < 4.78 is 5.75. The van der Waals surface area contributed by atoms with Crippen molar-refractivity contribution in [3.05, 3.63) is 60.2 Å². The fourth-order valence-corrected chi connectivity index (χ4v) is 2.61. The summed E-state index contributed by atoms with van der Waals surface area (Å²) in [5, 5.41) is 10.1. The molecule has 3 heteroatoms. The van der Waals surface area contributed by atoms with Crippen LogP contribution in [0.4, 0.5) is 0 Å². The standard InChI is InChI=1S/C17H22O2Si/c1-20(2,3)19-13-17(18)16-11-9-15(10-12-16)14-7-5-4-6-8-14/h4-12,17-18H,13H2,1-3H3/t17-/m0/s1. The number of aliphatic hydroxyl groups excluding tert-OH is 1. The molecule has 0 saturated heterocycles. The van der Waals surface area contributed by atoms with E-state index in [4.69, 9.17) is 4.43 Å². The van der Waals surface area contributed by atoms with Crippen LogP contribution in [-0.2, 0) is 4.43 Å². The molecular formula is C17H22O2Si. The molecule has 1 atom stereocenters. The average Bonchev–Trinajstić information content (AvgIpc) is 2.45. The summed E-state index contributed by atoms with van der Waals surface area (Å²) in [4.78, 5) is 0. The molecule has 0 spiro atoms. The van der Waals surface area contributed by atoms with Gasteiger partial charge < -0.3 is 9.53 Å². The maximum absolute atomic E-state index is 10.1. The van der Waals surface area contributed by atoms with Crippen LogP contribution < -0.4 is 0 Å². The maximum Gasteiger partial charge on any atom is 0.183 e. The largest absolute Gasteiger partial charge is 0.415 e. The number of rotatable bonds is 5. The number of benzene rings is 2. The molecule has 0 unspecified atom stereocenters. The zero-order valence-corrected chi connectivity index (χ0v) is 13.3. The highest BCUT2D eigenvalue weighted by molar-refractivity contribution is 6.69. The van der Waals surface area contributed by atoms with E-state index in [0.717, 1.165) is 11.1 Å². The summed E-state index contributed by atoms with van der Waals surface area (Å²) in [5.41, 5.74) is 3.25. The van der Waals surface area contributed by atoms with Crippen molar-refractivity contribution in [3.8, 4) is 11.1 Å². The molecule has 2 nitrogen and oxygen atoms in total. The minimum Gasteiger partial charge on any atom is -0.415 e. The van der Waals surface area contributed by atoms with Gasteiger partial charge in [0.05, 0.1) is 6.61 Å². The molecular weight excluding hydrogens is 264 g/mol. The van der Waals surface area contributed by atoms with Crippen molar-refractivity contribution >= 4 is 8.32 Å². The molecule has 1 N–H and O–H groups in total. The lowest BCUT2D eigenvalue weighted by Gasteiger charge is -2.20. The van der Waals surface area contributed by atoms with E-state index in [0.29, 0.717) is 6.61 Å². The van der Waals surface area contributed by atoms with E-state index in [-0.39, 0.29) is 0 Å². The Morgan fingerprint density at radius 3 is 2.00 bits per heavy atom. The molecule has 0 fully saturated rings. The third kappa shape index (κ3) is 4.30. The van der Waals surface area contributed by atoms with Gasteiger partial charge in [-0.1, -0.05) is 54.6 Å². The minimum absolute atomic E-state index is 0.375. The van der Waals surface area contributed by atoms with E-state index < -0.39 is 14.4 Å². The monoisotopic (exact) mass is 286 g/mol. The zero-order chi connectivity index (χ0) is 14.6. The predicted molar refractivity (Wildman–Crippen MR) is 86.1 cm³/mol. The van der Waals surface area contributed by atoms with Gasteiger partial charge in [-0.25, -0.2) is 0 Å². The van der Waals surface area contributed by atoms with Crippen LogP contribution in [0.1, 0.15) is 11.7 Å². The van der Waals surface area contributed by atoms with Gasteiger partial charge in [0.1, 0.15) is 6.10 Å². The van der Waals surface area contributed by atoms with Crippen molar-refractivity contribution in [1.82, 2.24) is 0 Å². The molecule has 0 bridgehead atoms. The van der Waals surface area contributed by atoms with Crippen molar-refractivity contribution < 1.29 is 9.53 Å². The highest BCUT2D eigenvalue weighted by Crippen LogP contribution is 2.22. The molecule has 0 aliphatic heterocycles. The second-order valence-corrected chi connectivity index (χ2v) is 10.4. The summed E-state index contributed by atoms with van der Waals surface area (Å²) in [6.07, 6.45) is -0.549. The first-order chi connectivity index (χ1) is 9.46. The first-order valence-corrected chi connectivity index (χ1v) is 10.3. The van der Waals surface area contributed by atoms with Gasteiger partial charge in [-0.3, -0.25) is 0 Å². The zero-order valence-electron chi connectivity index (χ0n) is 12.3. The average molecular weight is 286 g/mol. The van der Waals surface area contributed by atoms with E-state index in [1.54, 1.807) is 0 Å². The second kappa shape index (κ2) is 6.35. The van der Waals surface area contributed by atoms with Gasteiger partial charge in [0.2, 0.25) is 0 Å². The van der Waals surface area contributed by atoms with E-state index in [1.807, 2.05) is 42.5 Å². The summed E-state index contributed by atoms with van der Waals surface area (Å²) in [6, 6.07) is 18.3. The van der Waals surface area contributed by atoms with E-state index in [1.165, 1.54) is 5.56 Å². The quantitative estimate of drug-likeness (QED) is 0.833. The van der Waals surface area contributed by atoms with Gasteiger partial charge in [-0.2, -0.15) is 0 Å². The first-order valence-electron chi connectivity index (χ1n) is 6.93. The van der Waals surface area contributed by atoms with Crippen molar-refractivity contribution in [2.24, 2.45) is 0 Å². The molecule has 0 radical (unpaired) electrons. The third-order valence-corrected chi connectivity index (χ3v) is 4.11. The number of hydrogen-bond donors (Lipinski definition) is 1. The van der Waals surface area contributed by atoms with Gasteiger partial charge in [0.25, 0.3) is 0 Å². The van der Waals surface area contributed by atoms with Crippen LogP contribution in [0.5, 0.6) is 0 Å². The number of hydrogen-bond acceptors (Lipinski definition) is 2. The maximum atomic E-state index is 10.1. The predicted octanol–water partition coefficient (Wildman–Crippen LogP) is 4.24. The van der Waals surface area contributed by atoms with Crippen LogP contribution in [-0.4, -0.2) is 20.0 Å². The fourth-order valence-electron chi connectivity index (χ4n) is 1.95. The Hall–Kier alpha value is -1.42. The van der Waals surface area contributed by atoms with Crippen molar-refractivity contribution in [2.45, 2.75) is 25.7 Å². The molecule has 0 aromatic heterocycles. The smallest absolute Gasteiger partial charge is 0.183 e. The van der Waals surface area contributed by atoms with Gasteiger partial charge in [-0.15, -0.1) is 0 Å². The lowest BCUT2D eigenvalue weighted by molar-refractivity contribution is 0.104. The highest BCUT2D eigenvalue weighted by Gasteiger charge is 2.17. The Labute approximate surface area is 122 Å².